The summed E-state index contributed by atoms with van der Waals surface area (Å²) in [6.07, 6.45) is 0. The molecule has 4 rings (SSSR count). The van der Waals surface area contributed by atoms with Gasteiger partial charge >= 0.3 is 11.5 Å². The maximum Gasteiger partial charge on any atom is 0.501 e. The molecule has 3 amide bonds. The average Bonchev–Trinajstić information content (AvgIpc) is 2.97. The number of nitrogens with zero attached hydrogens (tertiary/aromatic N) is 3. The molecule has 1 N–H and O–H groups in total. The molecule has 2 aromatic carbocycles. The van der Waals surface area contributed by atoms with Gasteiger partial charge in [0, 0.05) is 19.0 Å². The third kappa shape index (κ3) is 3.97. The van der Waals surface area contributed by atoms with Crippen LogP contribution in [0.25, 0.3) is 10.9 Å². The highest BCUT2D eigenvalue weighted by atomic mass is 32.2. The number of pyridine rings is 1. The number of benzene rings is 2. The zero-order valence-electron chi connectivity index (χ0n) is 18.9. The van der Waals surface area contributed by atoms with Crippen molar-refractivity contribution in [1.82, 2.24) is 9.88 Å². The number of carbonyl (C=O) groups excluding carboxylic acids is 2. The third-order valence-electron chi connectivity index (χ3n) is 5.92. The lowest BCUT2D eigenvalue weighted by Gasteiger charge is -2.28. The number of fused-ring (bicyclic) bond motifs is 1. The van der Waals surface area contributed by atoms with Gasteiger partial charge < -0.3 is 10.2 Å². The van der Waals surface area contributed by atoms with Gasteiger partial charge in [0.15, 0.2) is 0 Å². The Kier molecular flexibility index (Phi) is 5.75. The topological polar surface area (TPSA) is 99.7 Å². The number of carbonyl (C=O) groups is 2. The molecule has 1 saturated heterocycles. The van der Waals surface area contributed by atoms with Crippen molar-refractivity contribution < 1.29 is 31.2 Å². The third-order valence-corrected chi connectivity index (χ3v) is 7.42. The summed E-state index contributed by atoms with van der Waals surface area (Å²) in [4.78, 5) is 32.3. The Balaban J connectivity index is 1.71. The molecule has 0 unspecified atom stereocenters. The van der Waals surface area contributed by atoms with Crippen molar-refractivity contribution >= 4 is 44.2 Å². The lowest BCUT2D eigenvalue weighted by Crippen LogP contribution is -2.43. The highest BCUT2D eigenvalue weighted by Crippen LogP contribution is 2.36. The Morgan fingerprint density at radius 3 is 2.26 bits per heavy atom. The molecule has 0 spiro atoms. The van der Waals surface area contributed by atoms with Gasteiger partial charge in [-0.2, -0.15) is 13.2 Å². The highest BCUT2D eigenvalue weighted by Gasteiger charge is 2.52. The summed E-state index contributed by atoms with van der Waals surface area (Å²) in [6, 6.07) is 11.9. The van der Waals surface area contributed by atoms with Gasteiger partial charge in [-0.25, -0.2) is 23.1 Å². The van der Waals surface area contributed by atoms with Crippen molar-refractivity contribution in [3.63, 3.8) is 0 Å². The molecule has 0 atom stereocenters. The van der Waals surface area contributed by atoms with Gasteiger partial charge in [-0.05, 0) is 55.8 Å². The zero-order chi connectivity index (χ0) is 25.8. The number of rotatable bonds is 5. The van der Waals surface area contributed by atoms with Gasteiger partial charge in [-0.1, -0.05) is 18.2 Å². The quantitative estimate of drug-likeness (QED) is 0.518. The Hall–Kier alpha value is -3.67. The summed E-state index contributed by atoms with van der Waals surface area (Å²) < 4.78 is 61.8. The van der Waals surface area contributed by atoms with Crippen molar-refractivity contribution in [2.24, 2.45) is 0 Å². The number of aromatic nitrogens is 1. The van der Waals surface area contributed by atoms with E-state index in [0.717, 1.165) is 40.1 Å². The fourth-order valence-electron chi connectivity index (χ4n) is 3.91. The van der Waals surface area contributed by atoms with Crippen LogP contribution >= 0.6 is 0 Å². The Bertz CT molecular complexity index is 1440. The van der Waals surface area contributed by atoms with Crippen LogP contribution in [0.3, 0.4) is 0 Å². The number of nitrogens with one attached hydrogen (secondary N) is 1. The van der Waals surface area contributed by atoms with E-state index < -0.39 is 37.7 Å². The Morgan fingerprint density at radius 2 is 1.66 bits per heavy atom. The maximum atomic E-state index is 13.4. The second kappa shape index (κ2) is 8.22. The van der Waals surface area contributed by atoms with Crippen LogP contribution in [0.1, 0.15) is 19.4 Å². The van der Waals surface area contributed by atoms with Crippen molar-refractivity contribution in [2.75, 3.05) is 17.3 Å². The van der Waals surface area contributed by atoms with Gasteiger partial charge in [0.2, 0.25) is 0 Å². The monoisotopic (exact) mass is 506 g/mol. The number of anilines is 2. The number of sulfone groups is 1. The number of imide groups is 1. The lowest BCUT2D eigenvalue weighted by molar-refractivity contribution is -0.123. The fourth-order valence-corrected chi connectivity index (χ4v) is 4.68. The standard InChI is InChI=1S/C23H21F3N4O4S/c1-22(2)20(31)30(15-8-10-16(11-9-15)35(33,34)23(24,25)26)21(32)29(22)13-14-12-19(27-3)28-18-7-5-4-6-17(14)18/h4-12H,13H2,1-3H3,(H,27,28). The normalized spacial score (nSPS) is 16.3. The van der Waals surface area contributed by atoms with Crippen LogP contribution in [0, 0.1) is 0 Å². The molecule has 1 fully saturated rings. The van der Waals surface area contributed by atoms with Crippen molar-refractivity contribution in [1.29, 1.82) is 0 Å². The summed E-state index contributed by atoms with van der Waals surface area (Å²) in [5.41, 5.74) is -5.34. The Labute approximate surface area is 199 Å². The molecule has 2 heterocycles. The molecule has 1 aliphatic heterocycles. The first-order chi connectivity index (χ1) is 16.3. The van der Waals surface area contributed by atoms with Crippen molar-refractivity contribution in [3.05, 3.63) is 60.2 Å². The maximum absolute atomic E-state index is 13.4. The van der Waals surface area contributed by atoms with Crippen LogP contribution in [0.5, 0.6) is 0 Å². The van der Waals surface area contributed by atoms with Crippen LogP contribution in [0.15, 0.2) is 59.5 Å². The first-order valence-corrected chi connectivity index (χ1v) is 11.9. The summed E-state index contributed by atoms with van der Waals surface area (Å²) in [7, 11) is -3.85. The molecule has 3 aromatic rings. The number of halogens is 3. The van der Waals surface area contributed by atoms with Gasteiger partial charge in [0.1, 0.15) is 11.4 Å². The lowest BCUT2D eigenvalue weighted by atomic mass is 10.0. The van der Waals surface area contributed by atoms with Crippen LogP contribution < -0.4 is 10.2 Å². The molecule has 1 aromatic heterocycles. The van der Waals surface area contributed by atoms with Gasteiger partial charge in [0.05, 0.1) is 16.1 Å². The zero-order valence-corrected chi connectivity index (χ0v) is 19.7. The largest absolute Gasteiger partial charge is 0.501 e. The summed E-state index contributed by atoms with van der Waals surface area (Å²) in [6.45, 7) is 3.20. The average molecular weight is 507 g/mol. The molecular weight excluding hydrogens is 485 g/mol. The number of amides is 3. The van der Waals surface area contributed by atoms with E-state index in [9.17, 15) is 31.2 Å². The number of alkyl halides is 3. The second-order valence-corrected chi connectivity index (χ2v) is 10.4. The fraction of sp³-hybridized carbons (Fsp3) is 0.261. The smallest absolute Gasteiger partial charge is 0.373 e. The first kappa shape index (κ1) is 24.5. The molecule has 12 heteroatoms. The van der Waals surface area contributed by atoms with Gasteiger partial charge in [0.25, 0.3) is 15.7 Å². The minimum atomic E-state index is -5.56. The molecule has 0 radical (unpaired) electrons. The van der Waals surface area contributed by atoms with E-state index in [-0.39, 0.29) is 12.2 Å². The number of para-hydroxylation sites is 1. The van der Waals surface area contributed by atoms with E-state index in [4.69, 9.17) is 0 Å². The number of hydrogen-bond donors (Lipinski definition) is 1. The predicted molar refractivity (Wildman–Crippen MR) is 123 cm³/mol. The molecule has 184 valence electrons. The minimum Gasteiger partial charge on any atom is -0.373 e. The van der Waals surface area contributed by atoms with E-state index in [1.54, 1.807) is 27.0 Å². The van der Waals surface area contributed by atoms with E-state index in [2.05, 4.69) is 10.3 Å². The summed E-state index contributed by atoms with van der Waals surface area (Å²) in [5, 5.41) is 3.76. The van der Waals surface area contributed by atoms with Crippen LogP contribution in [0.2, 0.25) is 0 Å². The molecule has 0 saturated carbocycles. The second-order valence-electron chi connectivity index (χ2n) is 8.45. The highest BCUT2D eigenvalue weighted by molar-refractivity contribution is 7.92. The molecular formula is C23H21F3N4O4S. The van der Waals surface area contributed by atoms with Crippen molar-refractivity contribution in [3.8, 4) is 0 Å². The molecule has 0 bridgehead atoms. The summed E-state index contributed by atoms with van der Waals surface area (Å²) in [5.74, 6) is -0.0195. The van der Waals surface area contributed by atoms with E-state index in [1.165, 1.54) is 4.90 Å². The van der Waals surface area contributed by atoms with Crippen LogP contribution in [0.4, 0.5) is 29.5 Å². The van der Waals surface area contributed by atoms with E-state index >= 15 is 0 Å². The van der Waals surface area contributed by atoms with Crippen LogP contribution in [-0.4, -0.2) is 48.3 Å². The van der Waals surface area contributed by atoms with E-state index in [1.807, 2.05) is 24.3 Å². The Morgan fingerprint density at radius 1 is 1.03 bits per heavy atom. The van der Waals surface area contributed by atoms with Crippen LogP contribution in [-0.2, 0) is 21.2 Å². The van der Waals surface area contributed by atoms with E-state index in [0.29, 0.717) is 11.3 Å². The van der Waals surface area contributed by atoms with Gasteiger partial charge in [-0.15, -0.1) is 0 Å². The molecule has 8 nitrogen and oxygen atoms in total. The summed E-state index contributed by atoms with van der Waals surface area (Å²) >= 11 is 0. The SMILES string of the molecule is CNc1cc(CN2C(=O)N(c3ccc(S(=O)(=O)C(F)(F)F)cc3)C(=O)C2(C)C)c2ccccc2n1. The number of urea groups is 1. The molecule has 0 aliphatic carbocycles. The predicted octanol–water partition coefficient (Wildman–Crippen LogP) is 4.32. The van der Waals surface area contributed by atoms with Gasteiger partial charge in [-0.3, -0.25) is 4.79 Å². The minimum absolute atomic E-state index is 0.0350. The molecule has 35 heavy (non-hydrogen) atoms. The first-order valence-electron chi connectivity index (χ1n) is 10.4. The number of hydrogen-bond acceptors (Lipinski definition) is 6. The molecule has 1 aliphatic rings. The van der Waals surface area contributed by atoms with Crippen molar-refractivity contribution in [2.45, 2.75) is 36.3 Å².